The summed E-state index contributed by atoms with van der Waals surface area (Å²) in [7, 11) is 5.75. The van der Waals surface area contributed by atoms with Gasteiger partial charge in [-0.3, -0.25) is 0 Å². The molecule has 0 spiro atoms. The van der Waals surface area contributed by atoms with E-state index in [0.717, 1.165) is 30.3 Å². The van der Waals surface area contributed by atoms with Gasteiger partial charge in [-0.2, -0.15) is 0 Å². The van der Waals surface area contributed by atoms with E-state index in [-0.39, 0.29) is 0 Å². The van der Waals surface area contributed by atoms with E-state index in [1.54, 1.807) is 7.11 Å². The lowest BCUT2D eigenvalue weighted by Crippen LogP contribution is -2.21. The zero-order valence-corrected chi connectivity index (χ0v) is 19.9. The van der Waals surface area contributed by atoms with Crippen molar-refractivity contribution in [2.75, 3.05) is 45.8 Å². The van der Waals surface area contributed by atoms with Crippen molar-refractivity contribution < 1.29 is 9.47 Å². The number of anilines is 1. The van der Waals surface area contributed by atoms with Crippen molar-refractivity contribution in [3.63, 3.8) is 0 Å². The number of likely N-dealkylation sites (N-methyl/N-ethyl adjacent to an activating group) is 1. The average Bonchev–Trinajstić information content (AvgIpc) is 2.84. The van der Waals surface area contributed by atoms with Crippen molar-refractivity contribution in [2.45, 2.75) is 6.92 Å². The quantitative estimate of drug-likeness (QED) is 0.427. The van der Waals surface area contributed by atoms with Crippen LogP contribution in [0.25, 0.3) is 16.7 Å². The van der Waals surface area contributed by atoms with Crippen molar-refractivity contribution in [1.29, 1.82) is 0 Å². The van der Waals surface area contributed by atoms with Gasteiger partial charge in [-0.1, -0.05) is 54.6 Å². The zero-order chi connectivity index (χ0) is 23.2. The van der Waals surface area contributed by atoms with Gasteiger partial charge in [0.05, 0.1) is 7.11 Å². The van der Waals surface area contributed by atoms with E-state index < -0.39 is 0 Å². The second kappa shape index (κ2) is 10.4. The Labute approximate surface area is 197 Å². The Morgan fingerprint density at radius 2 is 1.67 bits per heavy atom. The van der Waals surface area contributed by atoms with Gasteiger partial charge in [-0.05, 0) is 67.1 Å². The van der Waals surface area contributed by atoms with Gasteiger partial charge in [0, 0.05) is 31.0 Å². The maximum atomic E-state index is 6.01. The fraction of sp³-hybridized carbons (Fsp3) is 0.241. The molecule has 3 aromatic carbocycles. The van der Waals surface area contributed by atoms with Gasteiger partial charge in [-0.25, -0.2) is 0 Å². The topological polar surface area (TPSA) is 24.9 Å². The summed E-state index contributed by atoms with van der Waals surface area (Å²) in [5.41, 5.74) is 7.41. The van der Waals surface area contributed by atoms with E-state index in [9.17, 15) is 0 Å². The Hall–Kier alpha value is -3.50. The van der Waals surface area contributed by atoms with Crippen molar-refractivity contribution in [2.24, 2.45) is 0 Å². The Kier molecular flexibility index (Phi) is 7.16. The van der Waals surface area contributed by atoms with Crippen LogP contribution in [-0.4, -0.2) is 45.8 Å². The maximum Gasteiger partial charge on any atom is 0.163 e. The number of benzene rings is 3. The molecule has 4 heteroatoms. The van der Waals surface area contributed by atoms with Gasteiger partial charge in [0.25, 0.3) is 0 Å². The molecule has 0 amide bonds. The van der Waals surface area contributed by atoms with Crippen molar-refractivity contribution >= 4 is 11.3 Å². The van der Waals surface area contributed by atoms with E-state index >= 15 is 0 Å². The summed E-state index contributed by atoms with van der Waals surface area (Å²) in [6, 6.07) is 23.5. The molecule has 33 heavy (non-hydrogen) atoms. The number of aryl methyl sites for hydroxylation is 1. The van der Waals surface area contributed by atoms with Crippen molar-refractivity contribution in [1.82, 2.24) is 4.90 Å². The van der Waals surface area contributed by atoms with E-state index in [2.05, 4.69) is 95.7 Å². The summed E-state index contributed by atoms with van der Waals surface area (Å²) in [4.78, 5) is 4.34. The van der Waals surface area contributed by atoms with Gasteiger partial charge in [-0.15, -0.1) is 0 Å². The van der Waals surface area contributed by atoms with E-state index in [4.69, 9.17) is 9.47 Å². The molecule has 0 fully saturated rings. The summed E-state index contributed by atoms with van der Waals surface area (Å²) in [5.74, 6) is 1.52. The fourth-order valence-electron chi connectivity index (χ4n) is 3.97. The molecule has 1 aliphatic rings. The zero-order valence-electron chi connectivity index (χ0n) is 19.9. The smallest absolute Gasteiger partial charge is 0.163 e. The predicted octanol–water partition coefficient (Wildman–Crippen LogP) is 6.03. The Bertz CT molecular complexity index is 1150. The molecule has 1 aliphatic heterocycles. The fourth-order valence-corrected chi connectivity index (χ4v) is 3.97. The normalized spacial score (nSPS) is 13.2. The standard InChI is InChI=1S/C29H32N2O2/c1-22-8-5-6-10-27(22)24-13-11-23(12-14-24)25-9-7-17-31(21-25)26-15-16-28(32-4)29(20-26)33-19-18-30(2)3/h5-17,20H,18-19,21H2,1-4H3. The SMILES string of the molecule is COc1ccc(N2C=CC=C(c3ccc(-c4ccccc4C)cc3)C2)cc1OCCN(C)C. The molecule has 0 aliphatic carbocycles. The molecule has 0 N–H and O–H groups in total. The lowest BCUT2D eigenvalue weighted by Gasteiger charge is -2.26. The van der Waals surface area contributed by atoms with E-state index in [1.165, 1.54) is 27.8 Å². The van der Waals surface area contributed by atoms with Crippen LogP contribution in [0.5, 0.6) is 11.5 Å². The molecule has 0 radical (unpaired) electrons. The van der Waals surface area contributed by atoms with Crippen molar-refractivity contribution in [3.8, 4) is 22.6 Å². The Morgan fingerprint density at radius 1 is 0.909 bits per heavy atom. The van der Waals surface area contributed by atoms with Gasteiger partial charge in [0.2, 0.25) is 0 Å². The van der Waals surface area contributed by atoms with Crippen LogP contribution in [-0.2, 0) is 0 Å². The molecule has 0 aromatic heterocycles. The van der Waals surface area contributed by atoms with Gasteiger partial charge in [0.15, 0.2) is 11.5 Å². The third-order valence-electron chi connectivity index (χ3n) is 5.89. The number of rotatable bonds is 8. The number of hydrogen-bond acceptors (Lipinski definition) is 4. The minimum Gasteiger partial charge on any atom is -0.493 e. The summed E-state index contributed by atoms with van der Waals surface area (Å²) < 4.78 is 11.5. The molecule has 0 saturated heterocycles. The highest BCUT2D eigenvalue weighted by molar-refractivity contribution is 5.77. The molecule has 0 unspecified atom stereocenters. The second-order valence-corrected chi connectivity index (χ2v) is 8.54. The van der Waals surface area contributed by atoms with Crippen LogP contribution in [0, 0.1) is 6.92 Å². The van der Waals surface area contributed by atoms with Crippen LogP contribution in [0.1, 0.15) is 11.1 Å². The van der Waals surface area contributed by atoms with Crippen LogP contribution in [0.2, 0.25) is 0 Å². The molecular formula is C29H32N2O2. The number of allylic oxidation sites excluding steroid dienone is 2. The van der Waals surface area contributed by atoms with Gasteiger partial charge < -0.3 is 19.3 Å². The lowest BCUT2D eigenvalue weighted by atomic mass is 9.96. The minimum atomic E-state index is 0.612. The average molecular weight is 441 g/mol. The van der Waals surface area contributed by atoms with Crippen LogP contribution < -0.4 is 14.4 Å². The molecule has 170 valence electrons. The largest absolute Gasteiger partial charge is 0.493 e. The highest BCUT2D eigenvalue weighted by Gasteiger charge is 2.15. The number of ether oxygens (including phenoxy) is 2. The first kappa shape index (κ1) is 22.7. The maximum absolute atomic E-state index is 6.01. The number of nitrogens with zero attached hydrogens (tertiary/aromatic N) is 2. The summed E-state index contributed by atoms with van der Waals surface area (Å²) in [6.07, 6.45) is 6.40. The van der Waals surface area contributed by atoms with Gasteiger partial charge in [0.1, 0.15) is 6.61 Å². The number of methoxy groups -OCH3 is 1. The Morgan fingerprint density at radius 3 is 2.39 bits per heavy atom. The van der Waals surface area contributed by atoms with Crippen molar-refractivity contribution in [3.05, 3.63) is 96.2 Å². The molecule has 4 nitrogen and oxygen atoms in total. The van der Waals surface area contributed by atoms with Crippen LogP contribution >= 0.6 is 0 Å². The molecule has 3 aromatic rings. The molecule has 4 rings (SSSR count). The molecule has 0 bridgehead atoms. The first-order valence-corrected chi connectivity index (χ1v) is 11.3. The highest BCUT2D eigenvalue weighted by Crippen LogP contribution is 2.34. The molecule has 0 atom stereocenters. The highest BCUT2D eigenvalue weighted by atomic mass is 16.5. The van der Waals surface area contributed by atoms with E-state index in [0.29, 0.717) is 6.61 Å². The predicted molar refractivity (Wildman–Crippen MR) is 138 cm³/mol. The first-order valence-electron chi connectivity index (χ1n) is 11.3. The molecular weight excluding hydrogens is 408 g/mol. The third kappa shape index (κ3) is 5.47. The van der Waals surface area contributed by atoms with Gasteiger partial charge >= 0.3 is 0 Å². The van der Waals surface area contributed by atoms with E-state index in [1.807, 2.05) is 20.2 Å². The van der Waals surface area contributed by atoms with Crippen LogP contribution in [0.4, 0.5) is 5.69 Å². The third-order valence-corrected chi connectivity index (χ3v) is 5.89. The Balaban J connectivity index is 1.50. The minimum absolute atomic E-state index is 0.612. The summed E-state index contributed by atoms with van der Waals surface area (Å²) >= 11 is 0. The molecule has 1 heterocycles. The number of hydrogen-bond donors (Lipinski definition) is 0. The summed E-state index contributed by atoms with van der Waals surface area (Å²) in [5, 5.41) is 0. The first-order chi connectivity index (χ1) is 16.0. The molecule has 0 saturated carbocycles. The monoisotopic (exact) mass is 440 g/mol. The van der Waals surface area contributed by atoms with Crippen LogP contribution in [0.3, 0.4) is 0 Å². The second-order valence-electron chi connectivity index (χ2n) is 8.54. The van der Waals surface area contributed by atoms with Crippen LogP contribution in [0.15, 0.2) is 85.1 Å². The lowest BCUT2D eigenvalue weighted by molar-refractivity contribution is 0.251. The summed E-state index contributed by atoms with van der Waals surface area (Å²) in [6.45, 7) is 4.41.